The molecule has 0 saturated heterocycles. The van der Waals surface area contributed by atoms with Crippen molar-refractivity contribution in [3.8, 4) is 5.75 Å². The number of rotatable bonds is 8. The number of carboxylic acid groups (broad SMARTS) is 1. The second-order valence-electron chi connectivity index (χ2n) is 4.23. The number of benzene rings is 1. The lowest BCUT2D eigenvalue weighted by Crippen LogP contribution is -2.23. The second-order valence-corrected chi connectivity index (χ2v) is 5.26. The van der Waals surface area contributed by atoms with Crippen molar-refractivity contribution in [2.75, 3.05) is 19.7 Å². The van der Waals surface area contributed by atoms with Crippen molar-refractivity contribution in [3.63, 3.8) is 0 Å². The first-order valence-electron chi connectivity index (χ1n) is 6.45. The molecule has 4 nitrogen and oxygen atoms in total. The summed E-state index contributed by atoms with van der Waals surface area (Å²) in [6, 6.07) is 10.8. The van der Waals surface area contributed by atoms with Gasteiger partial charge < -0.3 is 15.2 Å². The fourth-order valence-electron chi connectivity index (χ4n) is 1.79. The van der Waals surface area contributed by atoms with Gasteiger partial charge in [0.05, 0.1) is 0 Å². The Kier molecular flexibility index (Phi) is 5.58. The zero-order valence-electron chi connectivity index (χ0n) is 11.0. The number of hydrogen-bond acceptors (Lipinski definition) is 4. The van der Waals surface area contributed by atoms with E-state index in [0.29, 0.717) is 18.9 Å². The number of para-hydroxylation sites is 1. The largest absolute Gasteiger partial charge is 0.491 e. The summed E-state index contributed by atoms with van der Waals surface area (Å²) in [5.41, 5.74) is 0.200. The van der Waals surface area contributed by atoms with Crippen molar-refractivity contribution in [1.29, 1.82) is 0 Å². The van der Waals surface area contributed by atoms with Crippen LogP contribution in [0.15, 0.2) is 41.8 Å². The van der Waals surface area contributed by atoms with E-state index in [9.17, 15) is 4.79 Å². The lowest BCUT2D eigenvalue weighted by Gasteiger charge is -2.09. The van der Waals surface area contributed by atoms with Crippen LogP contribution in [-0.2, 0) is 6.42 Å². The molecule has 0 aliphatic carbocycles. The Labute approximate surface area is 122 Å². The number of aromatic carboxylic acids is 1. The molecule has 2 N–H and O–H groups in total. The highest BCUT2D eigenvalue weighted by molar-refractivity contribution is 7.09. The van der Waals surface area contributed by atoms with Crippen LogP contribution >= 0.6 is 11.3 Å². The number of hydrogen-bond donors (Lipinski definition) is 2. The standard InChI is InChI=1S/C15H17NO3S/c17-15(18)13-5-1-2-6-14(13)19-10-9-16-8-7-12-4-3-11-20-12/h1-6,11,16H,7-10H2,(H,17,18). The van der Waals surface area contributed by atoms with Crippen LogP contribution in [0.25, 0.3) is 0 Å². The van der Waals surface area contributed by atoms with E-state index in [1.807, 2.05) is 6.07 Å². The molecule has 0 bridgehead atoms. The van der Waals surface area contributed by atoms with Crippen molar-refractivity contribution in [1.82, 2.24) is 5.32 Å². The molecule has 5 heteroatoms. The Morgan fingerprint density at radius 1 is 1.20 bits per heavy atom. The summed E-state index contributed by atoms with van der Waals surface area (Å²) >= 11 is 1.75. The topological polar surface area (TPSA) is 58.6 Å². The van der Waals surface area contributed by atoms with Crippen molar-refractivity contribution < 1.29 is 14.6 Å². The van der Waals surface area contributed by atoms with Crippen LogP contribution in [0.1, 0.15) is 15.2 Å². The average Bonchev–Trinajstić information content (AvgIpc) is 2.96. The molecule has 2 rings (SSSR count). The van der Waals surface area contributed by atoms with Gasteiger partial charge in [-0.05, 0) is 30.0 Å². The summed E-state index contributed by atoms with van der Waals surface area (Å²) in [6.45, 7) is 2.04. The van der Waals surface area contributed by atoms with E-state index in [4.69, 9.17) is 9.84 Å². The van der Waals surface area contributed by atoms with Crippen LogP contribution < -0.4 is 10.1 Å². The zero-order chi connectivity index (χ0) is 14.2. The maximum absolute atomic E-state index is 11.0. The first-order valence-corrected chi connectivity index (χ1v) is 7.33. The van der Waals surface area contributed by atoms with Gasteiger partial charge in [0.15, 0.2) is 0 Å². The van der Waals surface area contributed by atoms with E-state index in [2.05, 4.69) is 16.8 Å². The van der Waals surface area contributed by atoms with Gasteiger partial charge in [-0.25, -0.2) is 4.79 Å². The van der Waals surface area contributed by atoms with Crippen LogP contribution in [-0.4, -0.2) is 30.8 Å². The monoisotopic (exact) mass is 291 g/mol. The lowest BCUT2D eigenvalue weighted by atomic mass is 10.2. The van der Waals surface area contributed by atoms with Crippen LogP contribution in [0.4, 0.5) is 0 Å². The molecule has 0 aliphatic heterocycles. The third-order valence-electron chi connectivity index (χ3n) is 2.78. The Morgan fingerprint density at radius 2 is 2.05 bits per heavy atom. The minimum absolute atomic E-state index is 0.200. The van der Waals surface area contributed by atoms with Crippen LogP contribution in [0.5, 0.6) is 5.75 Å². The summed E-state index contributed by atoms with van der Waals surface area (Å²) in [5.74, 6) is -0.550. The number of nitrogens with one attached hydrogen (secondary N) is 1. The first-order chi connectivity index (χ1) is 9.77. The van der Waals surface area contributed by atoms with Gasteiger partial charge in [0.25, 0.3) is 0 Å². The lowest BCUT2D eigenvalue weighted by molar-refractivity contribution is 0.0692. The summed E-state index contributed by atoms with van der Waals surface area (Å²) in [4.78, 5) is 12.3. The van der Waals surface area contributed by atoms with Crippen molar-refractivity contribution >= 4 is 17.3 Å². The Hall–Kier alpha value is -1.85. The average molecular weight is 291 g/mol. The molecule has 1 aromatic carbocycles. The smallest absolute Gasteiger partial charge is 0.339 e. The normalized spacial score (nSPS) is 10.4. The number of ether oxygens (including phenoxy) is 1. The molecule has 1 aromatic heterocycles. The molecular weight excluding hydrogens is 274 g/mol. The molecule has 0 fully saturated rings. The maximum atomic E-state index is 11.0. The van der Waals surface area contributed by atoms with Crippen molar-refractivity contribution in [2.24, 2.45) is 0 Å². The minimum atomic E-state index is -0.966. The fraction of sp³-hybridized carbons (Fsp3) is 0.267. The minimum Gasteiger partial charge on any atom is -0.491 e. The Balaban J connectivity index is 1.67. The zero-order valence-corrected chi connectivity index (χ0v) is 11.9. The van der Waals surface area contributed by atoms with E-state index in [1.54, 1.807) is 35.6 Å². The maximum Gasteiger partial charge on any atom is 0.339 e. The van der Waals surface area contributed by atoms with Gasteiger partial charge in [0, 0.05) is 18.0 Å². The predicted molar refractivity (Wildman–Crippen MR) is 79.8 cm³/mol. The number of carbonyl (C=O) groups is 1. The van der Waals surface area contributed by atoms with Crippen molar-refractivity contribution in [3.05, 3.63) is 52.2 Å². The third kappa shape index (κ3) is 4.36. The highest BCUT2D eigenvalue weighted by Crippen LogP contribution is 2.17. The Morgan fingerprint density at radius 3 is 2.80 bits per heavy atom. The van der Waals surface area contributed by atoms with Gasteiger partial charge >= 0.3 is 5.97 Å². The highest BCUT2D eigenvalue weighted by Gasteiger charge is 2.09. The van der Waals surface area contributed by atoms with Crippen LogP contribution in [0, 0.1) is 0 Å². The van der Waals surface area contributed by atoms with E-state index in [-0.39, 0.29) is 5.56 Å². The van der Waals surface area contributed by atoms with Gasteiger partial charge in [0.2, 0.25) is 0 Å². The molecule has 0 amide bonds. The summed E-state index contributed by atoms with van der Waals surface area (Å²) in [5, 5.41) is 14.4. The molecule has 0 unspecified atom stereocenters. The highest BCUT2D eigenvalue weighted by atomic mass is 32.1. The molecule has 0 aliphatic rings. The predicted octanol–water partition coefficient (Wildman–Crippen LogP) is 2.66. The van der Waals surface area contributed by atoms with Crippen LogP contribution in [0.2, 0.25) is 0 Å². The fourth-order valence-corrected chi connectivity index (χ4v) is 2.50. The van der Waals surface area contributed by atoms with E-state index < -0.39 is 5.97 Å². The first kappa shape index (κ1) is 14.6. The molecule has 2 aromatic rings. The van der Waals surface area contributed by atoms with Gasteiger partial charge in [0.1, 0.15) is 17.9 Å². The van der Waals surface area contributed by atoms with Crippen molar-refractivity contribution in [2.45, 2.75) is 6.42 Å². The van der Waals surface area contributed by atoms with Gasteiger partial charge in [-0.2, -0.15) is 0 Å². The molecule has 0 saturated carbocycles. The quantitative estimate of drug-likeness (QED) is 0.734. The van der Waals surface area contributed by atoms with Crippen LogP contribution in [0.3, 0.4) is 0 Å². The number of thiophene rings is 1. The number of carboxylic acids is 1. The SMILES string of the molecule is O=C(O)c1ccccc1OCCNCCc1cccs1. The van der Waals surface area contributed by atoms with E-state index >= 15 is 0 Å². The Bertz CT molecular complexity index is 540. The molecule has 0 atom stereocenters. The molecule has 20 heavy (non-hydrogen) atoms. The van der Waals surface area contributed by atoms with E-state index in [0.717, 1.165) is 13.0 Å². The van der Waals surface area contributed by atoms with Gasteiger partial charge in [-0.1, -0.05) is 18.2 Å². The molecule has 1 heterocycles. The van der Waals surface area contributed by atoms with Gasteiger partial charge in [-0.15, -0.1) is 11.3 Å². The summed E-state index contributed by atoms with van der Waals surface area (Å²) in [7, 11) is 0. The second kappa shape index (κ2) is 7.67. The summed E-state index contributed by atoms with van der Waals surface area (Å²) in [6.07, 6.45) is 1.00. The summed E-state index contributed by atoms with van der Waals surface area (Å²) < 4.78 is 5.49. The molecular formula is C15H17NO3S. The van der Waals surface area contributed by atoms with E-state index in [1.165, 1.54) is 4.88 Å². The third-order valence-corrected chi connectivity index (χ3v) is 3.72. The van der Waals surface area contributed by atoms with Gasteiger partial charge in [-0.3, -0.25) is 0 Å². The molecule has 0 spiro atoms. The molecule has 0 radical (unpaired) electrons. The molecule has 106 valence electrons.